The molecule has 1 N–H and O–H groups in total. The molecule has 25 heavy (non-hydrogen) atoms. The van der Waals surface area contributed by atoms with Gasteiger partial charge in [0, 0.05) is 5.02 Å². The molecule has 1 fully saturated rings. The molecule has 1 aliphatic heterocycles. The number of halogens is 1. The van der Waals surface area contributed by atoms with Crippen molar-refractivity contribution in [3.05, 3.63) is 65.2 Å². The smallest absolute Gasteiger partial charge is 0.325 e. The van der Waals surface area contributed by atoms with Crippen LogP contribution in [0, 0.1) is 0 Å². The zero-order chi connectivity index (χ0) is 17.9. The van der Waals surface area contributed by atoms with Crippen LogP contribution in [0.15, 0.2) is 54.6 Å². The van der Waals surface area contributed by atoms with Gasteiger partial charge in [0.2, 0.25) is 0 Å². The number of rotatable bonds is 6. The first-order valence-corrected chi connectivity index (χ1v) is 8.52. The highest BCUT2D eigenvalue weighted by Crippen LogP contribution is 2.32. The Kier molecular flexibility index (Phi) is 4.95. The Morgan fingerprint density at radius 2 is 1.76 bits per heavy atom. The quantitative estimate of drug-likeness (QED) is 0.803. The molecular formula is C19H19ClN2O3. The first-order valence-electron chi connectivity index (χ1n) is 8.15. The zero-order valence-electron chi connectivity index (χ0n) is 13.9. The predicted octanol–water partition coefficient (Wildman–Crippen LogP) is 3.58. The van der Waals surface area contributed by atoms with Crippen LogP contribution in [0.4, 0.5) is 4.79 Å². The third-order valence-electron chi connectivity index (χ3n) is 4.37. The second kappa shape index (κ2) is 7.15. The van der Waals surface area contributed by atoms with Gasteiger partial charge in [-0.3, -0.25) is 9.69 Å². The van der Waals surface area contributed by atoms with Crippen LogP contribution < -0.4 is 10.1 Å². The van der Waals surface area contributed by atoms with Gasteiger partial charge in [-0.25, -0.2) is 4.79 Å². The van der Waals surface area contributed by atoms with Crippen LogP contribution in [0.25, 0.3) is 0 Å². The summed E-state index contributed by atoms with van der Waals surface area (Å²) in [6, 6.07) is 15.9. The van der Waals surface area contributed by atoms with Gasteiger partial charge in [-0.05, 0) is 36.2 Å². The van der Waals surface area contributed by atoms with Gasteiger partial charge in [0.05, 0.1) is 6.54 Å². The summed E-state index contributed by atoms with van der Waals surface area (Å²) < 4.78 is 5.59. The summed E-state index contributed by atoms with van der Waals surface area (Å²) in [5.74, 6) is 0.396. The van der Waals surface area contributed by atoms with E-state index in [2.05, 4.69) is 5.32 Å². The SMILES string of the molecule is CC[C@@]1(c2ccccc2)NC(=O)N(CCOc2ccc(Cl)cc2)C1=O. The average Bonchev–Trinajstić information content (AvgIpc) is 2.89. The number of amides is 3. The van der Waals surface area contributed by atoms with Crippen molar-refractivity contribution in [3.63, 3.8) is 0 Å². The number of imide groups is 1. The minimum atomic E-state index is -1.00. The molecule has 5 nitrogen and oxygen atoms in total. The molecule has 3 amide bonds. The summed E-state index contributed by atoms with van der Waals surface area (Å²) in [6.45, 7) is 2.29. The van der Waals surface area contributed by atoms with Crippen molar-refractivity contribution in [2.75, 3.05) is 13.2 Å². The van der Waals surface area contributed by atoms with Gasteiger partial charge in [-0.2, -0.15) is 0 Å². The maximum absolute atomic E-state index is 12.9. The number of urea groups is 1. The predicted molar refractivity (Wildman–Crippen MR) is 95.6 cm³/mol. The van der Waals surface area contributed by atoms with Crippen molar-refractivity contribution in [2.24, 2.45) is 0 Å². The van der Waals surface area contributed by atoms with Crippen LogP contribution in [0.5, 0.6) is 5.75 Å². The Morgan fingerprint density at radius 3 is 2.40 bits per heavy atom. The van der Waals surface area contributed by atoms with E-state index in [-0.39, 0.29) is 19.1 Å². The molecule has 2 aromatic carbocycles. The molecule has 0 radical (unpaired) electrons. The van der Waals surface area contributed by atoms with Crippen LogP contribution in [0.1, 0.15) is 18.9 Å². The maximum atomic E-state index is 12.9. The van der Waals surface area contributed by atoms with Gasteiger partial charge < -0.3 is 10.1 Å². The Hall–Kier alpha value is -2.53. The minimum Gasteiger partial charge on any atom is -0.492 e. The second-order valence-corrected chi connectivity index (χ2v) is 6.25. The van der Waals surface area contributed by atoms with E-state index >= 15 is 0 Å². The highest BCUT2D eigenvalue weighted by molar-refractivity contribution is 6.30. The highest BCUT2D eigenvalue weighted by Gasteiger charge is 2.50. The third-order valence-corrected chi connectivity index (χ3v) is 4.62. The third kappa shape index (κ3) is 3.33. The molecule has 0 aromatic heterocycles. The molecule has 1 heterocycles. The molecule has 130 valence electrons. The average molecular weight is 359 g/mol. The van der Waals surface area contributed by atoms with Gasteiger partial charge in [-0.1, -0.05) is 48.9 Å². The monoisotopic (exact) mass is 358 g/mol. The standard InChI is InChI=1S/C19H19ClN2O3/c1-2-19(14-6-4-3-5-7-14)17(23)22(18(24)21-19)12-13-25-16-10-8-15(20)9-11-16/h3-11H,2,12-13H2,1H3,(H,21,24)/t19-/m0/s1. The Morgan fingerprint density at radius 1 is 1.08 bits per heavy atom. The van der Waals surface area contributed by atoms with E-state index in [1.54, 1.807) is 24.3 Å². The molecule has 0 aliphatic carbocycles. The summed E-state index contributed by atoms with van der Waals surface area (Å²) in [4.78, 5) is 26.5. The molecular weight excluding hydrogens is 340 g/mol. The molecule has 1 saturated heterocycles. The summed E-state index contributed by atoms with van der Waals surface area (Å²) in [6.07, 6.45) is 0.482. The number of hydrogen-bond donors (Lipinski definition) is 1. The van der Waals surface area contributed by atoms with E-state index in [4.69, 9.17) is 16.3 Å². The Balaban J connectivity index is 1.69. The van der Waals surface area contributed by atoms with Crippen LogP contribution >= 0.6 is 11.6 Å². The number of nitrogens with zero attached hydrogens (tertiary/aromatic N) is 1. The van der Waals surface area contributed by atoms with E-state index < -0.39 is 11.6 Å². The number of hydrogen-bond acceptors (Lipinski definition) is 3. The number of nitrogens with one attached hydrogen (secondary N) is 1. The lowest BCUT2D eigenvalue weighted by atomic mass is 9.87. The Bertz CT molecular complexity index is 764. The summed E-state index contributed by atoms with van der Waals surface area (Å²) in [7, 11) is 0. The molecule has 0 spiro atoms. The van der Waals surface area contributed by atoms with Crippen LogP contribution in [0.3, 0.4) is 0 Å². The number of carbonyl (C=O) groups excluding carboxylic acids is 2. The van der Waals surface area contributed by atoms with Crippen molar-refractivity contribution in [1.29, 1.82) is 0 Å². The van der Waals surface area contributed by atoms with E-state index in [1.807, 2.05) is 37.3 Å². The largest absolute Gasteiger partial charge is 0.492 e. The van der Waals surface area contributed by atoms with Crippen LogP contribution in [0.2, 0.25) is 5.02 Å². The van der Waals surface area contributed by atoms with Crippen LogP contribution in [-0.2, 0) is 10.3 Å². The van der Waals surface area contributed by atoms with Crippen molar-refractivity contribution < 1.29 is 14.3 Å². The molecule has 2 aromatic rings. The first-order chi connectivity index (χ1) is 12.1. The molecule has 1 atom stereocenters. The Labute approximate surface area is 151 Å². The topological polar surface area (TPSA) is 58.6 Å². The number of carbonyl (C=O) groups is 2. The molecule has 0 saturated carbocycles. The summed E-state index contributed by atoms with van der Waals surface area (Å²) in [5, 5.41) is 3.48. The fourth-order valence-corrected chi connectivity index (χ4v) is 3.10. The number of benzene rings is 2. The lowest BCUT2D eigenvalue weighted by Gasteiger charge is -2.25. The first kappa shape index (κ1) is 17.3. The minimum absolute atomic E-state index is 0.182. The lowest BCUT2D eigenvalue weighted by molar-refractivity contribution is -0.132. The van der Waals surface area contributed by atoms with Gasteiger partial charge >= 0.3 is 6.03 Å². The van der Waals surface area contributed by atoms with Crippen molar-refractivity contribution >= 4 is 23.5 Å². The van der Waals surface area contributed by atoms with Crippen molar-refractivity contribution in [3.8, 4) is 5.75 Å². The van der Waals surface area contributed by atoms with E-state index in [0.717, 1.165) is 5.56 Å². The highest BCUT2D eigenvalue weighted by atomic mass is 35.5. The molecule has 1 aliphatic rings. The van der Waals surface area contributed by atoms with Crippen LogP contribution in [-0.4, -0.2) is 30.0 Å². The lowest BCUT2D eigenvalue weighted by Crippen LogP contribution is -2.43. The van der Waals surface area contributed by atoms with E-state index in [9.17, 15) is 9.59 Å². The zero-order valence-corrected chi connectivity index (χ0v) is 14.6. The van der Waals surface area contributed by atoms with Crippen molar-refractivity contribution in [2.45, 2.75) is 18.9 Å². The van der Waals surface area contributed by atoms with Gasteiger partial charge in [-0.15, -0.1) is 0 Å². The second-order valence-electron chi connectivity index (χ2n) is 5.81. The molecule has 0 unspecified atom stereocenters. The summed E-state index contributed by atoms with van der Waals surface area (Å²) in [5.41, 5.74) is -0.213. The molecule has 3 rings (SSSR count). The fourth-order valence-electron chi connectivity index (χ4n) is 2.98. The van der Waals surface area contributed by atoms with Gasteiger partial charge in [0.15, 0.2) is 0 Å². The van der Waals surface area contributed by atoms with Gasteiger partial charge in [0.25, 0.3) is 5.91 Å². The number of ether oxygens (including phenoxy) is 1. The molecule has 0 bridgehead atoms. The fraction of sp³-hybridized carbons (Fsp3) is 0.263. The van der Waals surface area contributed by atoms with E-state index in [0.29, 0.717) is 17.2 Å². The molecule has 6 heteroatoms. The summed E-state index contributed by atoms with van der Waals surface area (Å²) >= 11 is 5.83. The maximum Gasteiger partial charge on any atom is 0.325 e. The normalized spacial score (nSPS) is 19.8. The van der Waals surface area contributed by atoms with Crippen molar-refractivity contribution in [1.82, 2.24) is 10.2 Å². The van der Waals surface area contributed by atoms with E-state index in [1.165, 1.54) is 4.90 Å². The van der Waals surface area contributed by atoms with Gasteiger partial charge in [0.1, 0.15) is 17.9 Å².